The third kappa shape index (κ3) is 1.90. The summed E-state index contributed by atoms with van der Waals surface area (Å²) in [5.41, 5.74) is -0.345. The topological polar surface area (TPSA) is 33.1 Å². The van der Waals surface area contributed by atoms with Crippen LogP contribution in [0.25, 0.3) is 0 Å². The highest BCUT2D eigenvalue weighted by Gasteiger charge is 2.40. The highest BCUT2D eigenvalue weighted by molar-refractivity contribution is 7.03. The second kappa shape index (κ2) is 2.78. The van der Waals surface area contributed by atoms with Gasteiger partial charge in [0.15, 0.2) is 6.10 Å². The van der Waals surface area contributed by atoms with Gasteiger partial charge in [0.1, 0.15) is 0 Å². The van der Waals surface area contributed by atoms with Crippen LogP contribution < -0.4 is 0 Å². The standard InChI is InChI=1S/C5H4F3NOS/c6-5(7,8)4(10)3-1-2-11-9-3/h1-2,4,10H/t4-/m0/s1. The average Bonchev–Trinajstić information content (AvgIpc) is 2.34. The molecular weight excluding hydrogens is 179 g/mol. The van der Waals surface area contributed by atoms with Gasteiger partial charge in [0, 0.05) is 5.38 Å². The van der Waals surface area contributed by atoms with Crippen LogP contribution in [-0.4, -0.2) is 15.7 Å². The first-order chi connectivity index (χ1) is 5.02. The predicted octanol–water partition coefficient (Wildman–Crippen LogP) is 1.74. The number of rotatable bonds is 1. The van der Waals surface area contributed by atoms with E-state index in [-0.39, 0.29) is 5.69 Å². The van der Waals surface area contributed by atoms with Crippen LogP contribution in [0.3, 0.4) is 0 Å². The van der Waals surface area contributed by atoms with Crippen molar-refractivity contribution in [2.45, 2.75) is 12.3 Å². The van der Waals surface area contributed by atoms with Crippen LogP contribution in [0.2, 0.25) is 0 Å². The van der Waals surface area contributed by atoms with Crippen LogP contribution in [0.4, 0.5) is 13.2 Å². The zero-order valence-electron chi connectivity index (χ0n) is 5.17. The Kier molecular flexibility index (Phi) is 2.15. The van der Waals surface area contributed by atoms with Crippen molar-refractivity contribution in [3.05, 3.63) is 17.1 Å². The molecule has 1 aromatic rings. The van der Waals surface area contributed by atoms with Crippen LogP contribution in [-0.2, 0) is 0 Å². The molecular formula is C5H4F3NOS. The molecule has 0 fully saturated rings. The van der Waals surface area contributed by atoms with E-state index < -0.39 is 12.3 Å². The molecule has 2 nitrogen and oxygen atoms in total. The van der Waals surface area contributed by atoms with E-state index in [2.05, 4.69) is 4.37 Å². The minimum atomic E-state index is -4.62. The van der Waals surface area contributed by atoms with Gasteiger partial charge in [0.05, 0.1) is 5.69 Å². The predicted molar refractivity (Wildman–Crippen MR) is 33.1 cm³/mol. The van der Waals surface area contributed by atoms with Gasteiger partial charge in [0.2, 0.25) is 0 Å². The SMILES string of the molecule is O[C@@H](c1ccsn1)C(F)(F)F. The van der Waals surface area contributed by atoms with Crippen molar-refractivity contribution in [3.8, 4) is 0 Å². The second-order valence-electron chi connectivity index (χ2n) is 1.87. The summed E-state index contributed by atoms with van der Waals surface area (Å²) in [6.07, 6.45) is -7.07. The normalized spacial score (nSPS) is 14.9. The van der Waals surface area contributed by atoms with Gasteiger partial charge in [0.25, 0.3) is 0 Å². The highest BCUT2D eigenvalue weighted by atomic mass is 32.1. The molecule has 0 spiro atoms. The molecule has 1 heterocycles. The lowest BCUT2D eigenvalue weighted by atomic mass is 10.2. The van der Waals surface area contributed by atoms with Crippen molar-refractivity contribution < 1.29 is 18.3 Å². The van der Waals surface area contributed by atoms with E-state index in [1.807, 2.05) is 0 Å². The fraction of sp³-hybridized carbons (Fsp3) is 0.400. The molecule has 6 heteroatoms. The number of aromatic nitrogens is 1. The van der Waals surface area contributed by atoms with Crippen molar-refractivity contribution in [1.29, 1.82) is 0 Å². The largest absolute Gasteiger partial charge is 0.420 e. The summed E-state index contributed by atoms with van der Waals surface area (Å²) >= 11 is 0.874. The first kappa shape index (κ1) is 8.48. The number of aliphatic hydroxyl groups excluding tert-OH is 1. The molecule has 0 aliphatic rings. The molecule has 0 unspecified atom stereocenters. The first-order valence-electron chi connectivity index (χ1n) is 2.67. The van der Waals surface area contributed by atoms with Crippen molar-refractivity contribution in [3.63, 3.8) is 0 Å². The molecule has 0 aromatic carbocycles. The fourth-order valence-corrected chi connectivity index (χ4v) is 1.07. The summed E-state index contributed by atoms with van der Waals surface area (Å²) in [6.45, 7) is 0. The Balaban J connectivity index is 2.78. The maximum Gasteiger partial charge on any atom is 0.420 e. The summed E-state index contributed by atoms with van der Waals surface area (Å²) < 4.78 is 38.5. The number of halogens is 3. The molecule has 0 bridgehead atoms. The maximum absolute atomic E-state index is 11.7. The summed E-state index contributed by atoms with van der Waals surface area (Å²) in [6, 6.07) is 1.14. The Morgan fingerprint density at radius 1 is 1.55 bits per heavy atom. The molecule has 1 rings (SSSR count). The molecule has 0 radical (unpaired) electrons. The van der Waals surface area contributed by atoms with Gasteiger partial charge in [-0.15, -0.1) is 0 Å². The lowest BCUT2D eigenvalue weighted by Gasteiger charge is -2.10. The van der Waals surface area contributed by atoms with E-state index in [4.69, 9.17) is 5.11 Å². The van der Waals surface area contributed by atoms with E-state index in [0.29, 0.717) is 0 Å². The fourth-order valence-electron chi connectivity index (χ4n) is 0.531. The summed E-state index contributed by atoms with van der Waals surface area (Å²) in [5.74, 6) is 0. The van der Waals surface area contributed by atoms with Crippen molar-refractivity contribution in [2.75, 3.05) is 0 Å². The summed E-state index contributed by atoms with van der Waals surface area (Å²) in [5, 5.41) is 9.94. The highest BCUT2D eigenvalue weighted by Crippen LogP contribution is 2.31. The van der Waals surface area contributed by atoms with Gasteiger partial charge < -0.3 is 5.11 Å². The van der Waals surface area contributed by atoms with Gasteiger partial charge in [-0.2, -0.15) is 17.5 Å². The Bertz CT molecular complexity index is 220. The Morgan fingerprint density at radius 3 is 2.55 bits per heavy atom. The minimum absolute atomic E-state index is 0.345. The van der Waals surface area contributed by atoms with Crippen LogP contribution in [0.5, 0.6) is 0 Å². The number of nitrogens with zero attached hydrogens (tertiary/aromatic N) is 1. The minimum Gasteiger partial charge on any atom is -0.378 e. The van der Waals surface area contributed by atoms with Crippen molar-refractivity contribution >= 4 is 11.5 Å². The molecule has 0 aliphatic carbocycles. The number of alkyl halides is 3. The Morgan fingerprint density at radius 2 is 2.18 bits per heavy atom. The van der Waals surface area contributed by atoms with Gasteiger partial charge in [-0.3, -0.25) is 0 Å². The third-order valence-electron chi connectivity index (χ3n) is 1.05. The van der Waals surface area contributed by atoms with E-state index in [1.165, 1.54) is 5.38 Å². The Hall–Kier alpha value is -0.620. The molecule has 0 saturated carbocycles. The monoisotopic (exact) mass is 183 g/mol. The molecule has 1 aromatic heterocycles. The van der Waals surface area contributed by atoms with E-state index in [0.717, 1.165) is 17.6 Å². The number of hydrogen-bond acceptors (Lipinski definition) is 3. The summed E-state index contributed by atoms with van der Waals surface area (Å²) in [4.78, 5) is 0. The Labute approximate surface area is 64.5 Å². The summed E-state index contributed by atoms with van der Waals surface area (Å²) in [7, 11) is 0. The van der Waals surface area contributed by atoms with E-state index in [9.17, 15) is 13.2 Å². The maximum atomic E-state index is 11.7. The molecule has 0 saturated heterocycles. The second-order valence-corrected chi connectivity index (χ2v) is 2.53. The van der Waals surface area contributed by atoms with Crippen LogP contribution in [0.15, 0.2) is 11.4 Å². The molecule has 11 heavy (non-hydrogen) atoms. The zero-order valence-corrected chi connectivity index (χ0v) is 5.99. The van der Waals surface area contributed by atoms with Crippen LogP contribution in [0.1, 0.15) is 11.8 Å². The van der Waals surface area contributed by atoms with Gasteiger partial charge in [-0.25, -0.2) is 0 Å². The zero-order chi connectivity index (χ0) is 8.48. The average molecular weight is 183 g/mol. The number of hydrogen-bond donors (Lipinski definition) is 1. The van der Waals surface area contributed by atoms with Crippen LogP contribution >= 0.6 is 11.5 Å². The van der Waals surface area contributed by atoms with E-state index in [1.54, 1.807) is 0 Å². The lowest BCUT2D eigenvalue weighted by molar-refractivity contribution is -0.207. The van der Waals surface area contributed by atoms with Crippen molar-refractivity contribution in [2.24, 2.45) is 0 Å². The smallest absolute Gasteiger partial charge is 0.378 e. The number of aliphatic hydroxyl groups is 1. The first-order valence-corrected chi connectivity index (χ1v) is 3.50. The molecule has 0 aliphatic heterocycles. The molecule has 1 atom stereocenters. The molecule has 1 N–H and O–H groups in total. The lowest BCUT2D eigenvalue weighted by Crippen LogP contribution is -2.20. The van der Waals surface area contributed by atoms with Crippen molar-refractivity contribution in [1.82, 2.24) is 4.37 Å². The van der Waals surface area contributed by atoms with Crippen LogP contribution in [0, 0.1) is 0 Å². The van der Waals surface area contributed by atoms with Gasteiger partial charge in [-0.1, -0.05) is 0 Å². The quantitative estimate of drug-likeness (QED) is 0.719. The van der Waals surface area contributed by atoms with Gasteiger partial charge >= 0.3 is 6.18 Å². The van der Waals surface area contributed by atoms with E-state index >= 15 is 0 Å². The third-order valence-corrected chi connectivity index (χ3v) is 1.62. The molecule has 0 amide bonds. The molecule has 62 valence electrons. The van der Waals surface area contributed by atoms with Gasteiger partial charge in [-0.05, 0) is 17.6 Å².